The van der Waals surface area contributed by atoms with E-state index in [4.69, 9.17) is 0 Å². The Morgan fingerprint density at radius 2 is 0.778 bits per heavy atom. The molecule has 0 atom stereocenters. The first-order valence-corrected chi connectivity index (χ1v) is 5.53. The molecular formula is C8BF18-. The van der Waals surface area contributed by atoms with E-state index in [1.807, 2.05) is 0 Å². The van der Waals surface area contributed by atoms with Gasteiger partial charge >= 0.3 is 42.8 Å². The molecule has 0 amide bonds. The minimum atomic E-state index is -8.53. The molecule has 0 aromatic heterocycles. The van der Waals surface area contributed by atoms with Crippen molar-refractivity contribution in [3.8, 4) is 0 Å². The summed E-state index contributed by atoms with van der Waals surface area (Å²) in [6.45, 7) is -7.59. The fourth-order valence-electron chi connectivity index (χ4n) is 1.20. The van der Waals surface area contributed by atoms with Crippen LogP contribution in [0.5, 0.6) is 0 Å². The highest BCUT2D eigenvalue weighted by atomic mass is 19.4. The van der Waals surface area contributed by atoms with Crippen LogP contribution in [0.3, 0.4) is 0 Å². The van der Waals surface area contributed by atoms with Crippen molar-refractivity contribution in [1.29, 1.82) is 0 Å². The quantitative estimate of drug-likeness (QED) is 0.332. The van der Waals surface area contributed by atoms with Gasteiger partial charge in [-0.25, -0.2) is 8.78 Å². The van der Waals surface area contributed by atoms with Crippen LogP contribution in [0.1, 0.15) is 0 Å². The van der Waals surface area contributed by atoms with E-state index in [-0.39, 0.29) is 0 Å². The number of allylic oxidation sites excluding steroid dienone is 1. The maximum atomic E-state index is 12.9. The molecule has 19 heteroatoms. The van der Waals surface area contributed by atoms with E-state index in [2.05, 4.69) is 0 Å². The molecule has 0 aliphatic heterocycles. The molecule has 0 aromatic carbocycles. The van der Waals surface area contributed by atoms with E-state index in [1.165, 1.54) is 0 Å². The summed E-state index contributed by atoms with van der Waals surface area (Å²) in [6, 6.07) is 0. The molecule has 0 N–H and O–H groups in total. The van der Waals surface area contributed by atoms with Crippen LogP contribution >= 0.6 is 0 Å². The molecule has 0 bridgehead atoms. The summed E-state index contributed by atoms with van der Waals surface area (Å²) in [4.78, 5) is 0. The lowest BCUT2D eigenvalue weighted by atomic mass is 9.85. The molecule has 0 spiro atoms. The van der Waals surface area contributed by atoms with E-state index in [9.17, 15) is 78.8 Å². The Morgan fingerprint density at radius 1 is 0.481 bits per heavy atom. The summed E-state index contributed by atoms with van der Waals surface area (Å²) in [7, 11) is 0. The van der Waals surface area contributed by atoms with Crippen molar-refractivity contribution < 1.29 is 78.8 Å². The third kappa shape index (κ3) is 3.52. The van der Waals surface area contributed by atoms with Crippen LogP contribution < -0.4 is 0 Å². The molecule has 0 unspecified atom stereocenters. The van der Waals surface area contributed by atoms with Crippen molar-refractivity contribution in [2.24, 2.45) is 0 Å². The minimum Gasteiger partial charge on any atom is -0.443 e. The van der Waals surface area contributed by atoms with Crippen molar-refractivity contribution in [3.63, 3.8) is 0 Å². The smallest absolute Gasteiger partial charge is 0.443 e. The molecule has 0 rings (SSSR count). The van der Waals surface area contributed by atoms with E-state index >= 15 is 0 Å². The van der Waals surface area contributed by atoms with Gasteiger partial charge in [0.05, 0.1) is 5.73 Å². The summed E-state index contributed by atoms with van der Waals surface area (Å²) >= 11 is 0. The van der Waals surface area contributed by atoms with Gasteiger partial charge in [0.25, 0.3) is 0 Å². The molecule has 27 heavy (non-hydrogen) atoms. The molecule has 0 saturated heterocycles. The van der Waals surface area contributed by atoms with E-state index < -0.39 is 54.3 Å². The zero-order valence-electron chi connectivity index (χ0n) is 11.4. The van der Waals surface area contributed by atoms with Crippen LogP contribution in [0.15, 0.2) is 11.6 Å². The topological polar surface area (TPSA) is 0 Å². The van der Waals surface area contributed by atoms with E-state index in [0.29, 0.717) is 0 Å². The predicted molar refractivity (Wildman–Crippen MR) is 49.1 cm³/mol. The Hall–Kier alpha value is -1.46. The largest absolute Gasteiger partial charge is 0.540 e. The summed E-state index contributed by atoms with van der Waals surface area (Å²) in [6.07, 6.45) is -7.75. The summed E-state index contributed by atoms with van der Waals surface area (Å²) in [5, 5.41) is 0. The first-order valence-electron chi connectivity index (χ1n) is 5.53. The summed E-state index contributed by atoms with van der Waals surface area (Å²) < 4.78 is 223. The van der Waals surface area contributed by atoms with Crippen molar-refractivity contribution >= 4 is 6.98 Å². The third-order valence-corrected chi connectivity index (χ3v) is 2.71. The predicted octanol–water partition coefficient (Wildman–Crippen LogP) is 6.26. The van der Waals surface area contributed by atoms with Crippen LogP contribution in [-0.2, 0) is 0 Å². The van der Waals surface area contributed by atoms with Gasteiger partial charge in [-0.15, -0.1) is 0 Å². The number of halogens is 18. The highest BCUT2D eigenvalue weighted by Crippen LogP contribution is 2.61. The molecule has 0 aliphatic carbocycles. The van der Waals surface area contributed by atoms with Crippen LogP contribution in [0.25, 0.3) is 0 Å². The first-order chi connectivity index (χ1) is 11.3. The molecule has 0 saturated carbocycles. The van der Waals surface area contributed by atoms with Gasteiger partial charge < -0.3 is 12.9 Å². The van der Waals surface area contributed by atoms with Gasteiger partial charge in [-0.05, 0) is 0 Å². The number of alkyl halides is 13. The summed E-state index contributed by atoms with van der Waals surface area (Å²) in [5.74, 6) is -46.5. The molecule has 0 aliphatic rings. The third-order valence-electron chi connectivity index (χ3n) is 2.71. The molecular weight excluding hydrogens is 449 g/mol. The van der Waals surface area contributed by atoms with Crippen LogP contribution in [0.4, 0.5) is 78.8 Å². The van der Waals surface area contributed by atoms with Gasteiger partial charge in [-0.1, -0.05) is 0 Å². The molecule has 0 fully saturated rings. The van der Waals surface area contributed by atoms with Gasteiger partial charge in [0.2, 0.25) is 0 Å². The second kappa shape index (κ2) is 6.28. The summed E-state index contributed by atoms with van der Waals surface area (Å²) in [5.41, 5.74) is -4.79. The second-order valence-corrected chi connectivity index (χ2v) is 4.61. The molecule has 0 nitrogen and oxygen atoms in total. The van der Waals surface area contributed by atoms with Crippen LogP contribution in [0, 0.1) is 0 Å². The Labute approximate surface area is 134 Å². The molecule has 0 aromatic rings. The molecule has 162 valence electrons. The van der Waals surface area contributed by atoms with Crippen molar-refractivity contribution in [1.82, 2.24) is 0 Å². The first kappa shape index (κ1) is 25.5. The van der Waals surface area contributed by atoms with Crippen molar-refractivity contribution in [2.45, 2.75) is 35.8 Å². The zero-order chi connectivity index (χ0) is 22.7. The maximum Gasteiger partial charge on any atom is 0.540 e. The fourth-order valence-corrected chi connectivity index (χ4v) is 1.20. The van der Waals surface area contributed by atoms with Crippen molar-refractivity contribution in [3.05, 3.63) is 11.6 Å². The lowest BCUT2D eigenvalue weighted by Gasteiger charge is -2.39. The van der Waals surface area contributed by atoms with Gasteiger partial charge in [0, 0.05) is 0 Å². The van der Waals surface area contributed by atoms with Crippen LogP contribution in [0.2, 0.25) is 0 Å². The number of hydrogen-bond acceptors (Lipinski definition) is 0. The van der Waals surface area contributed by atoms with Gasteiger partial charge in [-0.2, -0.15) is 57.1 Å². The van der Waals surface area contributed by atoms with E-state index in [1.54, 1.807) is 0 Å². The second-order valence-electron chi connectivity index (χ2n) is 4.61. The fraction of sp³-hybridized carbons (Fsp3) is 0.750. The molecule has 0 heterocycles. The Kier molecular flexibility index (Phi) is 5.94. The lowest BCUT2D eigenvalue weighted by Crippen LogP contribution is -2.70. The van der Waals surface area contributed by atoms with Gasteiger partial charge in [0.1, 0.15) is 0 Å². The number of hydrogen-bond donors (Lipinski definition) is 0. The van der Waals surface area contributed by atoms with Gasteiger partial charge in [-0.3, -0.25) is 0 Å². The Balaban J connectivity index is 6.66. The average Bonchev–Trinajstić information content (AvgIpc) is 2.42. The highest BCUT2D eigenvalue weighted by molar-refractivity contribution is 6.66. The monoisotopic (exact) mass is 449 g/mol. The van der Waals surface area contributed by atoms with Gasteiger partial charge in [0.15, 0.2) is 5.83 Å². The normalized spacial score (nSPS) is 17.1. The average molecular weight is 449 g/mol. The minimum absolute atomic E-state index is 4.79. The SMILES string of the molecule is F/C(=C(/F)C(F)(F)C(F)(F)C(F)(F)C(F)(F)C(F)(F)C(F)(F)F)[B-](F)(F)F. The van der Waals surface area contributed by atoms with Crippen LogP contribution in [-0.4, -0.2) is 42.8 Å². The lowest BCUT2D eigenvalue weighted by molar-refractivity contribution is -0.437. The standard InChI is InChI=1S/C8BF18/c10-1(2(11)9(25,26)27)3(12,13)4(14,15)5(16,17)6(18,19)7(20,21)8(22,23)24/q-1/b2-1+. The van der Waals surface area contributed by atoms with Crippen molar-refractivity contribution in [2.75, 3.05) is 0 Å². The number of rotatable bonds is 6. The van der Waals surface area contributed by atoms with E-state index in [0.717, 1.165) is 0 Å². The maximum absolute atomic E-state index is 12.9. The molecule has 0 radical (unpaired) electrons. The Bertz CT molecular complexity index is 589. The zero-order valence-corrected chi connectivity index (χ0v) is 11.4. The Morgan fingerprint density at radius 3 is 1.04 bits per heavy atom. The highest BCUT2D eigenvalue weighted by Gasteiger charge is 2.91.